The summed E-state index contributed by atoms with van der Waals surface area (Å²) in [5.41, 5.74) is 0. The number of hydrogen-bond acceptors (Lipinski definition) is 0. The maximum atomic E-state index is 2.49. The van der Waals surface area contributed by atoms with Crippen molar-refractivity contribution >= 4 is 0 Å². The van der Waals surface area contributed by atoms with Crippen LogP contribution in [0.25, 0.3) is 0 Å². The van der Waals surface area contributed by atoms with E-state index in [0.717, 1.165) is 29.6 Å². The zero-order valence-electron chi connectivity index (χ0n) is 13.5. The van der Waals surface area contributed by atoms with E-state index in [1.54, 1.807) is 0 Å². The van der Waals surface area contributed by atoms with Crippen molar-refractivity contribution in [1.82, 2.24) is 0 Å². The molecule has 0 aromatic heterocycles. The molecule has 0 aromatic rings. The first-order chi connectivity index (χ1) is 8.50. The van der Waals surface area contributed by atoms with Crippen LogP contribution in [0.5, 0.6) is 0 Å². The first kappa shape index (κ1) is 16.1. The van der Waals surface area contributed by atoms with E-state index in [1.807, 2.05) is 0 Å². The second kappa shape index (κ2) is 8.23. The summed E-state index contributed by atoms with van der Waals surface area (Å²) in [7, 11) is 0. The van der Waals surface area contributed by atoms with Crippen LogP contribution in [0.3, 0.4) is 0 Å². The summed E-state index contributed by atoms with van der Waals surface area (Å²) in [4.78, 5) is 0. The van der Waals surface area contributed by atoms with Gasteiger partial charge in [-0.3, -0.25) is 0 Å². The molecule has 0 aliphatic heterocycles. The van der Waals surface area contributed by atoms with Gasteiger partial charge in [-0.25, -0.2) is 0 Å². The Morgan fingerprint density at radius 3 is 2.06 bits per heavy atom. The van der Waals surface area contributed by atoms with Crippen molar-refractivity contribution in [2.75, 3.05) is 0 Å². The molecule has 1 rings (SSSR count). The topological polar surface area (TPSA) is 0 Å². The van der Waals surface area contributed by atoms with Gasteiger partial charge in [0.15, 0.2) is 0 Å². The minimum atomic E-state index is 0.885. The third-order valence-electron chi connectivity index (χ3n) is 5.25. The van der Waals surface area contributed by atoms with Crippen molar-refractivity contribution in [3.05, 3.63) is 0 Å². The lowest BCUT2D eigenvalue weighted by molar-refractivity contribution is 0.157. The normalized spacial score (nSPS) is 27.7. The third-order valence-corrected chi connectivity index (χ3v) is 5.25. The monoisotopic (exact) mass is 252 g/mol. The highest BCUT2D eigenvalue weighted by Crippen LogP contribution is 2.38. The van der Waals surface area contributed by atoms with Crippen LogP contribution in [0, 0.1) is 29.6 Å². The van der Waals surface area contributed by atoms with Crippen LogP contribution in [0.2, 0.25) is 0 Å². The van der Waals surface area contributed by atoms with E-state index in [4.69, 9.17) is 0 Å². The summed E-state index contributed by atoms with van der Waals surface area (Å²) in [5.74, 6) is 4.82. The summed E-state index contributed by atoms with van der Waals surface area (Å²) >= 11 is 0. The standard InChI is InChI=1S/C18H36/c1-14(2)8-6-9-15(3)12-13-18-16(4)10-7-11-17(18)5/h14-18H,6-13H2,1-5H3/t15-,16-,17-/m0/s1. The Bertz CT molecular complexity index is 196. The predicted molar refractivity (Wildman–Crippen MR) is 82.8 cm³/mol. The highest BCUT2D eigenvalue weighted by atomic mass is 14.3. The van der Waals surface area contributed by atoms with Crippen LogP contribution in [0.1, 0.15) is 86.0 Å². The molecule has 0 nitrogen and oxygen atoms in total. The van der Waals surface area contributed by atoms with Crippen molar-refractivity contribution in [2.45, 2.75) is 86.0 Å². The minimum Gasteiger partial charge on any atom is -0.0628 e. The molecule has 3 atom stereocenters. The molecule has 0 aromatic carbocycles. The van der Waals surface area contributed by atoms with Gasteiger partial charge in [0, 0.05) is 0 Å². The summed E-state index contributed by atoms with van der Waals surface area (Å²) in [5, 5.41) is 0. The molecule has 0 heteroatoms. The fourth-order valence-electron chi connectivity index (χ4n) is 3.82. The van der Waals surface area contributed by atoms with E-state index in [0.29, 0.717) is 0 Å². The highest BCUT2D eigenvalue weighted by Gasteiger charge is 2.27. The van der Waals surface area contributed by atoms with Crippen LogP contribution >= 0.6 is 0 Å². The first-order valence-electron chi connectivity index (χ1n) is 8.50. The Balaban J connectivity index is 2.18. The molecule has 0 heterocycles. The molecular formula is C18H36. The Kier molecular flexibility index (Phi) is 7.34. The smallest absolute Gasteiger partial charge is 0.0363 e. The highest BCUT2D eigenvalue weighted by molar-refractivity contribution is 4.78. The molecule has 0 unspecified atom stereocenters. The lowest BCUT2D eigenvalue weighted by Gasteiger charge is -2.35. The van der Waals surface area contributed by atoms with E-state index in [-0.39, 0.29) is 0 Å². The van der Waals surface area contributed by atoms with Gasteiger partial charge in [0.25, 0.3) is 0 Å². The molecule has 108 valence electrons. The quantitative estimate of drug-likeness (QED) is 0.498. The van der Waals surface area contributed by atoms with Crippen LogP contribution < -0.4 is 0 Å². The molecule has 1 saturated carbocycles. The Labute approximate surface area is 116 Å². The van der Waals surface area contributed by atoms with E-state index >= 15 is 0 Å². The van der Waals surface area contributed by atoms with Crippen LogP contribution in [0.4, 0.5) is 0 Å². The minimum absolute atomic E-state index is 0.885. The Morgan fingerprint density at radius 1 is 0.889 bits per heavy atom. The van der Waals surface area contributed by atoms with Crippen molar-refractivity contribution in [1.29, 1.82) is 0 Å². The van der Waals surface area contributed by atoms with Gasteiger partial charge in [-0.1, -0.05) is 79.6 Å². The van der Waals surface area contributed by atoms with Crippen LogP contribution in [-0.4, -0.2) is 0 Å². The molecule has 0 N–H and O–H groups in total. The molecule has 0 spiro atoms. The largest absolute Gasteiger partial charge is 0.0628 e. The first-order valence-corrected chi connectivity index (χ1v) is 8.50. The Morgan fingerprint density at radius 2 is 1.50 bits per heavy atom. The predicted octanol–water partition coefficient (Wildman–Crippen LogP) is 6.30. The zero-order chi connectivity index (χ0) is 13.5. The maximum Gasteiger partial charge on any atom is -0.0363 e. The number of rotatable bonds is 7. The van der Waals surface area contributed by atoms with Crippen molar-refractivity contribution in [2.24, 2.45) is 29.6 Å². The fraction of sp³-hybridized carbons (Fsp3) is 1.00. The van der Waals surface area contributed by atoms with E-state index in [1.165, 1.54) is 51.4 Å². The summed E-state index contributed by atoms with van der Waals surface area (Å²) in [6.07, 6.45) is 11.7. The van der Waals surface area contributed by atoms with Gasteiger partial charge in [0.1, 0.15) is 0 Å². The average Bonchev–Trinajstić information content (AvgIpc) is 2.27. The van der Waals surface area contributed by atoms with Crippen molar-refractivity contribution < 1.29 is 0 Å². The van der Waals surface area contributed by atoms with E-state index in [2.05, 4.69) is 34.6 Å². The molecule has 0 amide bonds. The fourth-order valence-corrected chi connectivity index (χ4v) is 3.82. The Hall–Kier alpha value is 0. The molecule has 0 bridgehead atoms. The molecule has 0 radical (unpaired) electrons. The van der Waals surface area contributed by atoms with Crippen molar-refractivity contribution in [3.63, 3.8) is 0 Å². The SMILES string of the molecule is CC(C)CCC[C@H](C)CCC1[C@@H](C)CCC[C@@H]1C. The van der Waals surface area contributed by atoms with Crippen LogP contribution in [0.15, 0.2) is 0 Å². The van der Waals surface area contributed by atoms with Gasteiger partial charge >= 0.3 is 0 Å². The lowest BCUT2D eigenvalue weighted by Crippen LogP contribution is -2.25. The van der Waals surface area contributed by atoms with Gasteiger partial charge in [-0.15, -0.1) is 0 Å². The zero-order valence-corrected chi connectivity index (χ0v) is 13.5. The van der Waals surface area contributed by atoms with E-state index in [9.17, 15) is 0 Å². The van der Waals surface area contributed by atoms with Gasteiger partial charge < -0.3 is 0 Å². The summed E-state index contributed by atoms with van der Waals surface area (Å²) in [6, 6.07) is 0. The van der Waals surface area contributed by atoms with E-state index < -0.39 is 0 Å². The van der Waals surface area contributed by atoms with Gasteiger partial charge in [0.2, 0.25) is 0 Å². The summed E-state index contributed by atoms with van der Waals surface area (Å²) in [6.45, 7) is 12.1. The summed E-state index contributed by atoms with van der Waals surface area (Å²) < 4.78 is 0. The molecule has 1 aliphatic rings. The second-order valence-electron chi connectivity index (χ2n) is 7.56. The maximum absolute atomic E-state index is 2.49. The van der Waals surface area contributed by atoms with Gasteiger partial charge in [-0.05, 0) is 36.0 Å². The number of hydrogen-bond donors (Lipinski definition) is 0. The van der Waals surface area contributed by atoms with Crippen molar-refractivity contribution in [3.8, 4) is 0 Å². The molecular weight excluding hydrogens is 216 g/mol. The molecule has 1 aliphatic carbocycles. The van der Waals surface area contributed by atoms with Crippen LogP contribution in [-0.2, 0) is 0 Å². The second-order valence-corrected chi connectivity index (χ2v) is 7.56. The third kappa shape index (κ3) is 5.76. The average molecular weight is 252 g/mol. The van der Waals surface area contributed by atoms with Gasteiger partial charge in [0.05, 0.1) is 0 Å². The molecule has 0 saturated heterocycles. The lowest BCUT2D eigenvalue weighted by atomic mass is 9.71. The van der Waals surface area contributed by atoms with Gasteiger partial charge in [-0.2, -0.15) is 0 Å². The molecule has 1 fully saturated rings. The molecule has 18 heavy (non-hydrogen) atoms.